The Morgan fingerprint density at radius 3 is 2.60 bits per heavy atom. The predicted molar refractivity (Wildman–Crippen MR) is 96.9 cm³/mol. The fourth-order valence-electron chi connectivity index (χ4n) is 2.08. The predicted octanol–water partition coefficient (Wildman–Crippen LogP) is 2.56. The van der Waals surface area contributed by atoms with Crippen molar-refractivity contribution in [1.82, 2.24) is 9.97 Å². The lowest BCUT2D eigenvalue weighted by molar-refractivity contribution is -0.115. The number of amides is 2. The van der Waals surface area contributed by atoms with E-state index in [1.54, 1.807) is 30.5 Å². The number of rotatable bonds is 6. The summed E-state index contributed by atoms with van der Waals surface area (Å²) in [5, 5.41) is 8.34. The Labute approximate surface area is 147 Å². The largest absolute Gasteiger partial charge is 0.366 e. The van der Waals surface area contributed by atoms with Crippen molar-refractivity contribution in [2.75, 3.05) is 10.6 Å². The summed E-state index contributed by atoms with van der Waals surface area (Å²) >= 11 is 1.40. The van der Waals surface area contributed by atoms with E-state index in [1.165, 1.54) is 11.3 Å². The quantitative estimate of drug-likeness (QED) is 0.631. The van der Waals surface area contributed by atoms with Gasteiger partial charge in [-0.05, 0) is 36.4 Å². The summed E-state index contributed by atoms with van der Waals surface area (Å²) in [5.41, 5.74) is 6.83. The van der Waals surface area contributed by atoms with Gasteiger partial charge in [0.25, 0.3) is 0 Å². The van der Waals surface area contributed by atoms with Crippen molar-refractivity contribution in [3.8, 4) is 0 Å². The summed E-state index contributed by atoms with van der Waals surface area (Å²) in [6.45, 7) is 0. The van der Waals surface area contributed by atoms with Crippen molar-refractivity contribution in [3.63, 3.8) is 0 Å². The minimum Gasteiger partial charge on any atom is -0.366 e. The molecule has 0 atom stereocenters. The van der Waals surface area contributed by atoms with Gasteiger partial charge < -0.3 is 16.4 Å². The van der Waals surface area contributed by atoms with Crippen molar-refractivity contribution in [2.45, 2.75) is 6.42 Å². The summed E-state index contributed by atoms with van der Waals surface area (Å²) in [5.74, 6) is -0.00260. The molecule has 0 unspecified atom stereocenters. The number of pyridine rings is 1. The van der Waals surface area contributed by atoms with Gasteiger partial charge in [0.1, 0.15) is 5.82 Å². The Kier molecular flexibility index (Phi) is 5.00. The van der Waals surface area contributed by atoms with Gasteiger partial charge in [-0.25, -0.2) is 9.97 Å². The number of nitrogens with zero attached hydrogens (tertiary/aromatic N) is 2. The molecule has 0 spiro atoms. The van der Waals surface area contributed by atoms with Gasteiger partial charge in [0.2, 0.25) is 11.8 Å². The molecule has 2 aromatic heterocycles. The van der Waals surface area contributed by atoms with Crippen LogP contribution in [0, 0.1) is 0 Å². The molecule has 3 rings (SSSR count). The highest BCUT2D eigenvalue weighted by atomic mass is 32.1. The summed E-state index contributed by atoms with van der Waals surface area (Å²) in [6.07, 6.45) is 1.84. The highest BCUT2D eigenvalue weighted by Gasteiger charge is 2.09. The van der Waals surface area contributed by atoms with Crippen LogP contribution >= 0.6 is 11.3 Å². The average molecular weight is 353 g/mol. The Balaban J connectivity index is 1.57. The van der Waals surface area contributed by atoms with E-state index >= 15 is 0 Å². The number of nitrogens with one attached hydrogen (secondary N) is 2. The first kappa shape index (κ1) is 16.6. The summed E-state index contributed by atoms with van der Waals surface area (Å²) < 4.78 is 0. The minimum atomic E-state index is -0.506. The molecule has 0 aliphatic rings. The molecule has 0 aliphatic carbocycles. The third-order valence-electron chi connectivity index (χ3n) is 3.25. The monoisotopic (exact) mass is 353 g/mol. The number of benzene rings is 1. The van der Waals surface area contributed by atoms with E-state index in [9.17, 15) is 9.59 Å². The second kappa shape index (κ2) is 7.54. The molecule has 2 amide bonds. The number of anilines is 3. The number of carbonyl (C=O) groups is 2. The number of hydrogen-bond acceptors (Lipinski definition) is 6. The van der Waals surface area contributed by atoms with E-state index in [0.717, 1.165) is 0 Å². The zero-order valence-corrected chi connectivity index (χ0v) is 13.9. The second-order valence-corrected chi connectivity index (χ2v) is 6.01. The molecule has 0 radical (unpaired) electrons. The number of primary amides is 1. The summed E-state index contributed by atoms with van der Waals surface area (Å²) in [4.78, 5) is 31.7. The van der Waals surface area contributed by atoms with Crippen molar-refractivity contribution < 1.29 is 9.59 Å². The van der Waals surface area contributed by atoms with Gasteiger partial charge in [-0.1, -0.05) is 6.07 Å². The number of carbonyl (C=O) groups excluding carboxylic acids is 2. The van der Waals surface area contributed by atoms with Crippen LogP contribution in [0.15, 0.2) is 54.0 Å². The van der Waals surface area contributed by atoms with Crippen molar-refractivity contribution in [2.24, 2.45) is 5.73 Å². The SMILES string of the molecule is NC(=O)c1ccc(NC(=O)Cc2csc(Nc3ccccn3)n2)cc1. The maximum atomic E-state index is 12.1. The Morgan fingerprint density at radius 2 is 1.92 bits per heavy atom. The third kappa shape index (κ3) is 4.61. The van der Waals surface area contributed by atoms with E-state index in [4.69, 9.17) is 5.73 Å². The van der Waals surface area contributed by atoms with Crippen LogP contribution in [0.3, 0.4) is 0 Å². The third-order valence-corrected chi connectivity index (χ3v) is 4.05. The van der Waals surface area contributed by atoms with Crippen molar-refractivity contribution >= 4 is 39.8 Å². The van der Waals surface area contributed by atoms with Crippen LogP contribution in [-0.4, -0.2) is 21.8 Å². The zero-order chi connectivity index (χ0) is 17.6. The number of thiazole rings is 1. The standard InChI is InChI=1S/C17H15N5O2S/c18-16(24)11-4-6-12(7-5-11)20-15(23)9-13-10-25-17(21-13)22-14-3-1-2-8-19-14/h1-8,10H,9H2,(H2,18,24)(H,20,23)(H,19,21,22). The summed E-state index contributed by atoms with van der Waals surface area (Å²) in [6, 6.07) is 11.9. The molecular formula is C17H15N5O2S. The van der Waals surface area contributed by atoms with Crippen LogP contribution in [0.4, 0.5) is 16.6 Å². The Morgan fingerprint density at radius 1 is 1.12 bits per heavy atom. The Bertz CT molecular complexity index is 878. The number of nitrogens with two attached hydrogens (primary N) is 1. The summed E-state index contributed by atoms with van der Waals surface area (Å²) in [7, 11) is 0. The molecule has 0 bridgehead atoms. The lowest BCUT2D eigenvalue weighted by atomic mass is 10.2. The van der Waals surface area contributed by atoms with E-state index in [-0.39, 0.29) is 12.3 Å². The highest BCUT2D eigenvalue weighted by molar-refractivity contribution is 7.13. The average Bonchev–Trinajstić information content (AvgIpc) is 3.03. The van der Waals surface area contributed by atoms with Gasteiger partial charge >= 0.3 is 0 Å². The van der Waals surface area contributed by atoms with Crippen LogP contribution in [-0.2, 0) is 11.2 Å². The van der Waals surface area contributed by atoms with Gasteiger partial charge in [0.05, 0.1) is 12.1 Å². The lowest BCUT2D eigenvalue weighted by Gasteiger charge is -2.04. The lowest BCUT2D eigenvalue weighted by Crippen LogP contribution is -2.15. The molecule has 1 aromatic carbocycles. The van der Waals surface area contributed by atoms with Gasteiger partial charge in [0.15, 0.2) is 5.13 Å². The molecule has 0 aliphatic heterocycles. The molecule has 4 N–H and O–H groups in total. The van der Waals surface area contributed by atoms with Gasteiger partial charge in [-0.3, -0.25) is 9.59 Å². The van der Waals surface area contributed by atoms with Gasteiger partial charge in [-0.2, -0.15) is 0 Å². The van der Waals surface area contributed by atoms with Crippen molar-refractivity contribution in [3.05, 3.63) is 65.3 Å². The van der Waals surface area contributed by atoms with Crippen LogP contribution in [0.1, 0.15) is 16.1 Å². The topological polar surface area (TPSA) is 110 Å². The van der Waals surface area contributed by atoms with Crippen molar-refractivity contribution in [1.29, 1.82) is 0 Å². The molecule has 0 saturated carbocycles. The molecule has 2 heterocycles. The van der Waals surface area contributed by atoms with Gasteiger partial charge in [-0.15, -0.1) is 11.3 Å². The first-order valence-electron chi connectivity index (χ1n) is 7.42. The molecule has 0 fully saturated rings. The molecule has 126 valence electrons. The molecule has 7 nitrogen and oxygen atoms in total. The molecular weight excluding hydrogens is 338 g/mol. The Hall–Kier alpha value is -3.26. The normalized spacial score (nSPS) is 10.2. The molecule has 0 saturated heterocycles. The minimum absolute atomic E-state index is 0.151. The van der Waals surface area contributed by atoms with E-state index in [1.807, 2.05) is 23.6 Å². The van der Waals surface area contributed by atoms with Crippen LogP contribution < -0.4 is 16.4 Å². The molecule has 3 aromatic rings. The van der Waals surface area contributed by atoms with E-state index in [2.05, 4.69) is 20.6 Å². The molecule has 25 heavy (non-hydrogen) atoms. The zero-order valence-electron chi connectivity index (χ0n) is 13.1. The van der Waals surface area contributed by atoms with Crippen LogP contribution in [0.2, 0.25) is 0 Å². The number of hydrogen-bond donors (Lipinski definition) is 3. The van der Waals surface area contributed by atoms with E-state index < -0.39 is 5.91 Å². The first-order chi connectivity index (χ1) is 12.1. The maximum absolute atomic E-state index is 12.1. The fourth-order valence-corrected chi connectivity index (χ4v) is 2.80. The van der Waals surface area contributed by atoms with Crippen LogP contribution in [0.5, 0.6) is 0 Å². The fraction of sp³-hybridized carbons (Fsp3) is 0.0588. The highest BCUT2D eigenvalue weighted by Crippen LogP contribution is 2.20. The van der Waals surface area contributed by atoms with Crippen LogP contribution in [0.25, 0.3) is 0 Å². The molecule has 8 heteroatoms. The smallest absolute Gasteiger partial charge is 0.248 e. The van der Waals surface area contributed by atoms with Gasteiger partial charge in [0, 0.05) is 22.8 Å². The number of aromatic nitrogens is 2. The first-order valence-corrected chi connectivity index (χ1v) is 8.30. The van der Waals surface area contributed by atoms with E-state index in [0.29, 0.717) is 27.9 Å². The second-order valence-electron chi connectivity index (χ2n) is 5.15. The maximum Gasteiger partial charge on any atom is 0.248 e.